The van der Waals surface area contributed by atoms with Crippen LogP contribution in [-0.4, -0.2) is 29.6 Å². The third kappa shape index (κ3) is 4.42. The van der Waals surface area contributed by atoms with Crippen molar-refractivity contribution in [1.29, 1.82) is 0 Å². The highest BCUT2D eigenvalue weighted by Gasteiger charge is 2.26. The van der Waals surface area contributed by atoms with Crippen LogP contribution in [0.2, 0.25) is 0 Å². The molecule has 1 fully saturated rings. The number of aliphatic carboxylic acids is 1. The summed E-state index contributed by atoms with van der Waals surface area (Å²) >= 11 is 0. The minimum Gasteiger partial charge on any atom is -0.481 e. The number of carbonyl (C=O) groups excluding carboxylic acids is 1. The second-order valence-corrected chi connectivity index (χ2v) is 4.13. The molecule has 0 aromatic rings. The Morgan fingerprint density at radius 2 is 1.87 bits per heavy atom. The Balaban J connectivity index is 2.14. The van der Waals surface area contributed by atoms with Crippen molar-refractivity contribution in [1.82, 2.24) is 0 Å². The molecule has 1 N–H and O–H groups in total. The lowest BCUT2D eigenvalue weighted by Crippen LogP contribution is -2.26. The Kier molecular flexibility index (Phi) is 4.75. The fourth-order valence-electron chi connectivity index (χ4n) is 1.85. The molecule has 1 rings (SSSR count). The first kappa shape index (κ1) is 12.2. The first-order chi connectivity index (χ1) is 7.09. The quantitative estimate of drug-likeness (QED) is 0.755. The molecule has 0 amide bonds. The molecule has 0 atom stereocenters. The summed E-state index contributed by atoms with van der Waals surface area (Å²) in [5.41, 5.74) is 0. The van der Waals surface area contributed by atoms with Crippen LogP contribution in [0.15, 0.2) is 0 Å². The number of hydrogen-bond donors (Lipinski definition) is 1. The second kappa shape index (κ2) is 5.85. The number of rotatable bonds is 5. The number of ketones is 1. The molecule has 15 heavy (non-hydrogen) atoms. The maximum atomic E-state index is 10.7. The number of carboxylic acid groups (broad SMARTS) is 1. The minimum absolute atomic E-state index is 0.134. The lowest BCUT2D eigenvalue weighted by Gasteiger charge is -2.26. The standard InChI is InChI=1S/C11H18O4/c1-8(12)6-7-15-10-4-2-9(3-5-10)11(13)14/h9-10H,2-7H2,1H3,(H,13,14). The Morgan fingerprint density at radius 1 is 1.27 bits per heavy atom. The van der Waals surface area contributed by atoms with Gasteiger partial charge in [-0.2, -0.15) is 0 Å². The predicted molar refractivity (Wildman–Crippen MR) is 54.6 cm³/mol. The zero-order chi connectivity index (χ0) is 11.3. The van der Waals surface area contributed by atoms with Crippen LogP contribution >= 0.6 is 0 Å². The second-order valence-electron chi connectivity index (χ2n) is 4.13. The molecule has 4 nitrogen and oxygen atoms in total. The van der Waals surface area contributed by atoms with Gasteiger partial charge in [-0.25, -0.2) is 0 Å². The molecule has 1 aliphatic rings. The van der Waals surface area contributed by atoms with E-state index in [1.54, 1.807) is 6.92 Å². The summed E-state index contributed by atoms with van der Waals surface area (Å²) in [5.74, 6) is -0.760. The molecule has 86 valence electrons. The lowest BCUT2D eigenvalue weighted by atomic mass is 9.87. The highest BCUT2D eigenvalue weighted by atomic mass is 16.5. The predicted octanol–water partition coefficient (Wildman–Crippen LogP) is 1.63. The zero-order valence-electron chi connectivity index (χ0n) is 9.07. The van der Waals surface area contributed by atoms with Crippen LogP contribution in [0.5, 0.6) is 0 Å². The van der Waals surface area contributed by atoms with Gasteiger partial charge in [0.1, 0.15) is 5.78 Å². The van der Waals surface area contributed by atoms with Gasteiger partial charge in [-0.1, -0.05) is 0 Å². The van der Waals surface area contributed by atoms with Gasteiger partial charge in [0.2, 0.25) is 0 Å². The van der Waals surface area contributed by atoms with E-state index in [2.05, 4.69) is 0 Å². The molecular weight excluding hydrogens is 196 g/mol. The van der Waals surface area contributed by atoms with Crippen molar-refractivity contribution in [3.8, 4) is 0 Å². The molecule has 0 heterocycles. The fraction of sp³-hybridized carbons (Fsp3) is 0.818. The van der Waals surface area contributed by atoms with E-state index in [1.165, 1.54) is 0 Å². The summed E-state index contributed by atoms with van der Waals surface area (Å²) in [6.45, 7) is 2.02. The maximum Gasteiger partial charge on any atom is 0.306 e. The third-order valence-electron chi connectivity index (χ3n) is 2.83. The highest BCUT2D eigenvalue weighted by molar-refractivity contribution is 5.75. The average molecular weight is 214 g/mol. The van der Waals surface area contributed by atoms with Gasteiger partial charge >= 0.3 is 5.97 Å². The average Bonchev–Trinajstić information content (AvgIpc) is 2.18. The van der Waals surface area contributed by atoms with Crippen LogP contribution in [0.4, 0.5) is 0 Å². The van der Waals surface area contributed by atoms with Crippen molar-refractivity contribution in [2.24, 2.45) is 5.92 Å². The Bertz CT molecular complexity index is 226. The molecule has 1 aliphatic carbocycles. The van der Waals surface area contributed by atoms with Crippen molar-refractivity contribution < 1.29 is 19.4 Å². The van der Waals surface area contributed by atoms with Gasteiger partial charge in [0.15, 0.2) is 0 Å². The summed E-state index contributed by atoms with van der Waals surface area (Å²) in [6.07, 6.45) is 3.60. The molecule has 0 unspecified atom stereocenters. The number of carbonyl (C=O) groups is 2. The van der Waals surface area contributed by atoms with Crippen molar-refractivity contribution in [2.75, 3.05) is 6.61 Å². The van der Waals surface area contributed by atoms with Crippen molar-refractivity contribution in [2.45, 2.75) is 45.1 Å². The summed E-state index contributed by atoms with van der Waals surface area (Å²) in [5, 5.41) is 8.79. The van der Waals surface area contributed by atoms with Gasteiger partial charge in [-0.3, -0.25) is 9.59 Å². The Labute approximate surface area is 89.6 Å². The highest BCUT2D eigenvalue weighted by Crippen LogP contribution is 2.26. The topological polar surface area (TPSA) is 63.6 Å². The maximum absolute atomic E-state index is 10.7. The van der Waals surface area contributed by atoms with Crippen LogP contribution in [0.3, 0.4) is 0 Å². The SMILES string of the molecule is CC(=O)CCOC1CCC(C(=O)O)CC1. The van der Waals surface area contributed by atoms with Gasteiger partial charge in [0.05, 0.1) is 18.6 Å². The van der Waals surface area contributed by atoms with E-state index >= 15 is 0 Å². The van der Waals surface area contributed by atoms with Gasteiger partial charge in [0.25, 0.3) is 0 Å². The van der Waals surface area contributed by atoms with Crippen LogP contribution in [0.25, 0.3) is 0 Å². The first-order valence-electron chi connectivity index (χ1n) is 5.43. The summed E-state index contributed by atoms with van der Waals surface area (Å²) in [4.78, 5) is 21.3. The molecule has 0 spiro atoms. The van der Waals surface area contributed by atoms with Crippen LogP contribution in [0.1, 0.15) is 39.0 Å². The van der Waals surface area contributed by atoms with Crippen LogP contribution in [0, 0.1) is 5.92 Å². The number of ether oxygens (including phenoxy) is 1. The van der Waals surface area contributed by atoms with Crippen LogP contribution < -0.4 is 0 Å². The van der Waals surface area contributed by atoms with Crippen molar-refractivity contribution in [3.05, 3.63) is 0 Å². The molecule has 0 aromatic heterocycles. The fourth-order valence-corrected chi connectivity index (χ4v) is 1.85. The van der Waals surface area contributed by atoms with E-state index in [1.807, 2.05) is 0 Å². The molecule has 0 aliphatic heterocycles. The normalized spacial score (nSPS) is 26.2. The molecule has 0 radical (unpaired) electrons. The van der Waals surface area contributed by atoms with Gasteiger partial charge in [-0.05, 0) is 32.6 Å². The van der Waals surface area contributed by atoms with E-state index in [9.17, 15) is 9.59 Å². The molecule has 0 aromatic carbocycles. The Hall–Kier alpha value is -0.900. The lowest BCUT2D eigenvalue weighted by molar-refractivity contribution is -0.143. The summed E-state index contributed by atoms with van der Waals surface area (Å²) < 4.78 is 5.51. The van der Waals surface area contributed by atoms with Crippen molar-refractivity contribution >= 4 is 11.8 Å². The van der Waals surface area contributed by atoms with E-state index in [-0.39, 0.29) is 17.8 Å². The summed E-state index contributed by atoms with van der Waals surface area (Å²) in [6, 6.07) is 0. The van der Waals surface area contributed by atoms with Crippen LogP contribution in [-0.2, 0) is 14.3 Å². The first-order valence-corrected chi connectivity index (χ1v) is 5.43. The molecule has 0 bridgehead atoms. The molecular formula is C11H18O4. The minimum atomic E-state index is -0.697. The molecule has 1 saturated carbocycles. The van der Waals surface area contributed by atoms with Gasteiger partial charge in [0, 0.05) is 6.42 Å². The largest absolute Gasteiger partial charge is 0.481 e. The van der Waals surface area contributed by atoms with Gasteiger partial charge < -0.3 is 9.84 Å². The molecule has 0 saturated heterocycles. The van der Waals surface area contributed by atoms with E-state index in [0.29, 0.717) is 25.9 Å². The number of carboxylic acids is 1. The Morgan fingerprint density at radius 3 is 2.33 bits per heavy atom. The summed E-state index contributed by atoms with van der Waals surface area (Å²) in [7, 11) is 0. The smallest absolute Gasteiger partial charge is 0.306 e. The molecule has 4 heteroatoms. The number of Topliss-reactive ketones (excluding diaryl/α,β-unsaturated/α-hetero) is 1. The zero-order valence-corrected chi connectivity index (χ0v) is 9.07. The van der Waals surface area contributed by atoms with E-state index < -0.39 is 5.97 Å². The van der Waals surface area contributed by atoms with Gasteiger partial charge in [-0.15, -0.1) is 0 Å². The third-order valence-corrected chi connectivity index (χ3v) is 2.83. The monoisotopic (exact) mass is 214 g/mol. The van der Waals surface area contributed by atoms with E-state index in [0.717, 1.165) is 12.8 Å². The number of hydrogen-bond acceptors (Lipinski definition) is 3. The van der Waals surface area contributed by atoms with Crippen molar-refractivity contribution in [3.63, 3.8) is 0 Å². The van der Waals surface area contributed by atoms with E-state index in [4.69, 9.17) is 9.84 Å².